The number of aromatic nitrogens is 1. The fourth-order valence-electron chi connectivity index (χ4n) is 4.52. The second-order valence-corrected chi connectivity index (χ2v) is 9.40. The van der Waals surface area contributed by atoms with E-state index < -0.39 is 70.4 Å². The summed E-state index contributed by atoms with van der Waals surface area (Å²) < 4.78 is 107. The predicted molar refractivity (Wildman–Crippen MR) is 113 cm³/mol. The minimum atomic E-state index is -5.11. The van der Waals surface area contributed by atoms with Gasteiger partial charge in [0.25, 0.3) is 5.91 Å². The summed E-state index contributed by atoms with van der Waals surface area (Å²) >= 11 is 0. The molecule has 2 aromatic rings. The molecule has 0 spiro atoms. The van der Waals surface area contributed by atoms with Gasteiger partial charge in [-0.25, -0.2) is 13.8 Å². The Morgan fingerprint density at radius 2 is 1.70 bits per heavy atom. The van der Waals surface area contributed by atoms with Crippen LogP contribution in [0.1, 0.15) is 59.5 Å². The number of halogens is 8. The molecular formula is C24H21F8N3O2. The fraction of sp³-hybridized carbons (Fsp3) is 0.458. The number of pyridine rings is 1. The second-order valence-electron chi connectivity index (χ2n) is 9.40. The summed E-state index contributed by atoms with van der Waals surface area (Å²) in [5, 5.41) is 2.53. The first kappa shape index (κ1) is 26.8. The number of nitrogens with zero attached hydrogens (tertiary/aromatic N) is 2. The van der Waals surface area contributed by atoms with Crippen molar-refractivity contribution in [3.8, 4) is 0 Å². The summed E-state index contributed by atoms with van der Waals surface area (Å²) in [7, 11) is 0. The van der Waals surface area contributed by atoms with Crippen molar-refractivity contribution in [3.63, 3.8) is 0 Å². The van der Waals surface area contributed by atoms with Crippen LogP contribution in [0.2, 0.25) is 0 Å². The molecular weight excluding hydrogens is 514 g/mol. The predicted octanol–water partition coefficient (Wildman–Crippen LogP) is 5.52. The highest BCUT2D eigenvalue weighted by Gasteiger charge is 2.43. The number of hydrogen-bond acceptors (Lipinski definition) is 3. The Labute approximate surface area is 205 Å². The molecule has 13 heteroatoms. The number of hydrogen-bond donors (Lipinski definition) is 1. The topological polar surface area (TPSA) is 62.3 Å². The minimum Gasteiger partial charge on any atom is -0.347 e. The molecule has 1 saturated carbocycles. The van der Waals surface area contributed by atoms with Gasteiger partial charge in [-0.05, 0) is 55.4 Å². The molecule has 1 saturated heterocycles. The molecule has 2 amide bonds. The van der Waals surface area contributed by atoms with Gasteiger partial charge in [-0.2, -0.15) is 26.3 Å². The van der Waals surface area contributed by atoms with Crippen LogP contribution in [0.5, 0.6) is 0 Å². The van der Waals surface area contributed by atoms with E-state index in [1.165, 1.54) is 0 Å². The summed E-state index contributed by atoms with van der Waals surface area (Å²) in [6, 6.07) is 0.954. The molecule has 1 aromatic carbocycles. The third-order valence-corrected chi connectivity index (χ3v) is 6.45. The zero-order chi connectivity index (χ0) is 27.3. The summed E-state index contributed by atoms with van der Waals surface area (Å²) in [5.41, 5.74) is -4.02. The van der Waals surface area contributed by atoms with Gasteiger partial charge in [0.15, 0.2) is 0 Å². The normalized spacial score (nSPS) is 21.2. The van der Waals surface area contributed by atoms with E-state index in [-0.39, 0.29) is 30.9 Å². The molecule has 5 nitrogen and oxygen atoms in total. The van der Waals surface area contributed by atoms with Crippen LogP contribution in [0, 0.1) is 23.5 Å². The molecule has 4 rings (SSSR count). The van der Waals surface area contributed by atoms with Crippen molar-refractivity contribution in [2.24, 2.45) is 11.8 Å². The van der Waals surface area contributed by atoms with Gasteiger partial charge in [-0.3, -0.25) is 9.59 Å². The maximum absolute atomic E-state index is 14.7. The smallest absolute Gasteiger partial charge is 0.347 e. The molecule has 2 aliphatic rings. The van der Waals surface area contributed by atoms with Crippen molar-refractivity contribution >= 4 is 11.8 Å². The number of benzene rings is 1. The number of likely N-dealkylation sites (tertiary alicyclic amines) is 1. The standard InChI is InChI=1S/C24H21F8N3O2/c1-11-7-18(35(10-11)22(37)17-3-2-4-19(33-17)24(30,31)32)21(36)34-20(12-5-6-12)13-8-16(26)14(9-15(13)25)23(27,28)29/h2-4,8-9,11-12,18,20H,5-7,10H2,1H3,(H,34,36)/t11-,18-,20-/m1/s1. The summed E-state index contributed by atoms with van der Waals surface area (Å²) in [6.07, 6.45) is -8.75. The SMILES string of the molecule is C[C@@H]1C[C@H](C(=O)N[C@@H](c2cc(F)c(C(F)(F)F)cc2F)C2CC2)N(C(=O)c2cccc(C(F)(F)F)n2)C1. The van der Waals surface area contributed by atoms with Gasteiger partial charge in [0, 0.05) is 12.1 Å². The molecule has 3 atom stereocenters. The van der Waals surface area contributed by atoms with Crippen LogP contribution < -0.4 is 5.32 Å². The third-order valence-electron chi connectivity index (χ3n) is 6.45. The van der Waals surface area contributed by atoms with E-state index in [1.54, 1.807) is 6.92 Å². The summed E-state index contributed by atoms with van der Waals surface area (Å²) in [6.45, 7) is 1.75. The lowest BCUT2D eigenvalue weighted by Gasteiger charge is -2.27. The Balaban J connectivity index is 1.58. The molecule has 1 aliphatic heterocycles. The monoisotopic (exact) mass is 535 g/mol. The first-order valence-electron chi connectivity index (χ1n) is 11.4. The van der Waals surface area contributed by atoms with Gasteiger partial charge < -0.3 is 10.2 Å². The highest BCUT2D eigenvalue weighted by atomic mass is 19.4. The van der Waals surface area contributed by atoms with Crippen LogP contribution in [-0.2, 0) is 17.1 Å². The lowest BCUT2D eigenvalue weighted by Crippen LogP contribution is -2.47. The number of amides is 2. The summed E-state index contributed by atoms with van der Waals surface area (Å²) in [4.78, 5) is 30.7. The van der Waals surface area contributed by atoms with Gasteiger partial charge in [-0.1, -0.05) is 13.0 Å². The van der Waals surface area contributed by atoms with Crippen molar-refractivity contribution < 1.29 is 44.7 Å². The van der Waals surface area contributed by atoms with Crippen molar-refractivity contribution in [1.82, 2.24) is 15.2 Å². The van der Waals surface area contributed by atoms with Crippen LogP contribution >= 0.6 is 0 Å². The van der Waals surface area contributed by atoms with E-state index in [0.717, 1.165) is 17.0 Å². The lowest BCUT2D eigenvalue weighted by molar-refractivity contribution is -0.141. The zero-order valence-corrected chi connectivity index (χ0v) is 19.3. The van der Waals surface area contributed by atoms with E-state index >= 15 is 0 Å². The lowest BCUT2D eigenvalue weighted by atomic mass is 9.98. The second kappa shape index (κ2) is 9.56. The Kier molecular flexibility index (Phi) is 6.93. The molecule has 1 N–H and O–H groups in total. The van der Waals surface area contributed by atoms with E-state index in [0.29, 0.717) is 25.0 Å². The highest BCUT2D eigenvalue weighted by Crippen LogP contribution is 2.43. The minimum absolute atomic E-state index is 0.0339. The van der Waals surface area contributed by atoms with Crippen LogP contribution in [0.25, 0.3) is 0 Å². The first-order chi connectivity index (χ1) is 17.2. The average molecular weight is 535 g/mol. The Hall–Kier alpha value is -3.25. The highest BCUT2D eigenvalue weighted by molar-refractivity contribution is 5.96. The quantitative estimate of drug-likeness (QED) is 0.514. The van der Waals surface area contributed by atoms with Gasteiger partial charge in [0.1, 0.15) is 29.1 Å². The third kappa shape index (κ3) is 5.69. The van der Waals surface area contributed by atoms with E-state index in [1.807, 2.05) is 0 Å². The fourth-order valence-corrected chi connectivity index (χ4v) is 4.52. The van der Waals surface area contributed by atoms with E-state index in [9.17, 15) is 44.7 Å². The number of carbonyl (C=O) groups excluding carboxylic acids is 2. The van der Waals surface area contributed by atoms with Crippen molar-refractivity contribution in [1.29, 1.82) is 0 Å². The number of alkyl halides is 6. The van der Waals surface area contributed by atoms with Crippen LogP contribution in [-0.4, -0.2) is 34.3 Å². The van der Waals surface area contributed by atoms with E-state index in [2.05, 4.69) is 10.3 Å². The van der Waals surface area contributed by atoms with Crippen LogP contribution in [0.15, 0.2) is 30.3 Å². The first-order valence-corrected chi connectivity index (χ1v) is 11.4. The Bertz CT molecular complexity index is 1210. The maximum atomic E-state index is 14.7. The Morgan fingerprint density at radius 1 is 1.03 bits per heavy atom. The maximum Gasteiger partial charge on any atom is 0.433 e. The molecule has 37 heavy (non-hydrogen) atoms. The van der Waals surface area contributed by atoms with Crippen molar-refractivity contribution in [2.45, 2.75) is 50.6 Å². The molecule has 200 valence electrons. The molecule has 1 aliphatic carbocycles. The number of rotatable bonds is 5. The summed E-state index contributed by atoms with van der Waals surface area (Å²) in [5.74, 6) is -5.29. The van der Waals surface area contributed by atoms with Crippen LogP contribution in [0.4, 0.5) is 35.1 Å². The van der Waals surface area contributed by atoms with Crippen LogP contribution in [0.3, 0.4) is 0 Å². The number of carbonyl (C=O) groups is 2. The molecule has 0 unspecified atom stereocenters. The molecule has 0 radical (unpaired) electrons. The van der Waals surface area contributed by atoms with Crippen molar-refractivity contribution in [3.05, 3.63) is 64.5 Å². The zero-order valence-electron chi connectivity index (χ0n) is 19.3. The molecule has 2 heterocycles. The van der Waals surface area contributed by atoms with Crippen molar-refractivity contribution in [2.75, 3.05) is 6.54 Å². The largest absolute Gasteiger partial charge is 0.433 e. The Morgan fingerprint density at radius 3 is 2.30 bits per heavy atom. The van der Waals surface area contributed by atoms with Gasteiger partial charge in [-0.15, -0.1) is 0 Å². The van der Waals surface area contributed by atoms with E-state index in [4.69, 9.17) is 0 Å². The average Bonchev–Trinajstić information content (AvgIpc) is 3.57. The van der Waals surface area contributed by atoms with Gasteiger partial charge in [0.2, 0.25) is 5.91 Å². The molecule has 1 aromatic heterocycles. The molecule has 0 bridgehead atoms. The number of nitrogens with one attached hydrogen (secondary N) is 1. The molecule has 2 fully saturated rings. The van der Waals surface area contributed by atoms with Gasteiger partial charge in [0.05, 0.1) is 11.6 Å². The van der Waals surface area contributed by atoms with Gasteiger partial charge >= 0.3 is 12.4 Å².